The average Bonchev–Trinajstić information content (AvgIpc) is 3.13. The zero-order valence-electron chi connectivity index (χ0n) is 19.3. The number of alkyl carbamates (subject to hydrolysis) is 1. The molecular weight excluding hydrogens is 506 g/mol. The zero-order chi connectivity index (χ0) is 24.9. The van der Waals surface area contributed by atoms with Crippen LogP contribution in [0.1, 0.15) is 32.0 Å². The second-order valence-electron chi connectivity index (χ2n) is 8.49. The molecule has 0 radical (unpaired) electrons. The molecule has 3 rings (SSSR count). The van der Waals surface area contributed by atoms with Gasteiger partial charge in [0.1, 0.15) is 18.2 Å². The number of nitrogens with one attached hydrogen (secondary N) is 1. The average molecular weight is 532 g/mol. The number of methoxy groups -OCH3 is 1. The van der Waals surface area contributed by atoms with Crippen LogP contribution in [0.4, 0.5) is 9.59 Å². The first-order valence-electron chi connectivity index (χ1n) is 10.5. The number of benzene rings is 2. The van der Waals surface area contributed by atoms with Gasteiger partial charge in [-0.25, -0.2) is 14.4 Å². The smallest absolute Gasteiger partial charge is 0.435 e. The molecule has 180 valence electrons. The Kier molecular flexibility index (Phi) is 7.93. The molecule has 0 fully saturated rings. The Hall–Kier alpha value is -3.40. The predicted octanol–water partition coefficient (Wildman–Crippen LogP) is 4.59. The molecule has 0 aliphatic rings. The Morgan fingerprint density at radius 2 is 1.82 bits per heavy atom. The van der Waals surface area contributed by atoms with Crippen molar-refractivity contribution in [3.05, 3.63) is 64.3 Å². The van der Waals surface area contributed by atoms with Crippen LogP contribution < -0.4 is 5.32 Å². The highest BCUT2D eigenvalue weighted by atomic mass is 79.9. The number of rotatable bonds is 6. The van der Waals surface area contributed by atoms with Gasteiger partial charge in [0.15, 0.2) is 0 Å². The van der Waals surface area contributed by atoms with Gasteiger partial charge in [-0.15, -0.1) is 0 Å². The molecule has 3 aromatic rings. The summed E-state index contributed by atoms with van der Waals surface area (Å²) in [5.74, 6) is -0.672. The van der Waals surface area contributed by atoms with Gasteiger partial charge in [0.2, 0.25) is 0 Å². The van der Waals surface area contributed by atoms with Crippen molar-refractivity contribution in [3.8, 4) is 0 Å². The van der Waals surface area contributed by atoms with E-state index in [4.69, 9.17) is 14.2 Å². The van der Waals surface area contributed by atoms with Crippen molar-refractivity contribution in [2.75, 3.05) is 7.11 Å². The number of fused-ring (bicyclic) bond motifs is 1. The lowest BCUT2D eigenvalue weighted by Gasteiger charge is -2.19. The molecule has 0 unspecified atom stereocenters. The molecule has 1 N–H and O–H groups in total. The summed E-state index contributed by atoms with van der Waals surface area (Å²) in [6, 6.07) is 13.4. The lowest BCUT2D eigenvalue weighted by Crippen LogP contribution is -2.43. The van der Waals surface area contributed by atoms with Gasteiger partial charge in [-0.3, -0.25) is 0 Å². The summed E-state index contributed by atoms with van der Waals surface area (Å²) in [5, 5.41) is 7.55. The second-order valence-corrected chi connectivity index (χ2v) is 9.40. The molecule has 0 saturated heterocycles. The van der Waals surface area contributed by atoms with E-state index in [1.54, 1.807) is 39.0 Å². The Morgan fingerprint density at radius 1 is 1.12 bits per heavy atom. The summed E-state index contributed by atoms with van der Waals surface area (Å²) >= 11 is 3.40. The molecule has 0 aliphatic carbocycles. The van der Waals surface area contributed by atoms with E-state index in [2.05, 4.69) is 26.3 Å². The zero-order valence-corrected chi connectivity index (χ0v) is 20.9. The molecule has 0 spiro atoms. The Balaban J connectivity index is 1.84. The lowest BCUT2D eigenvalue weighted by molar-refractivity contribution is -0.143. The summed E-state index contributed by atoms with van der Waals surface area (Å²) in [6.07, 6.45) is -1.47. The van der Waals surface area contributed by atoms with Crippen LogP contribution in [-0.2, 0) is 32.0 Å². The lowest BCUT2D eigenvalue weighted by atomic mass is 10.1. The number of ether oxygens (including phenoxy) is 3. The topological polar surface area (TPSA) is 109 Å². The number of halogens is 1. The first-order chi connectivity index (χ1) is 16.1. The molecule has 0 bridgehead atoms. The number of carbonyl (C=O) groups excluding carboxylic acids is 3. The standard InChI is InChI=1S/C24H26BrN3O6/c1-24(2,3)34-23(31)28-20-12-16(25)10-11-17(20)18(27-28)13-19(21(29)32-4)26-22(30)33-14-15-8-6-5-7-9-15/h5-12,19H,13-14H2,1-4H3,(H,26,30)/t19-/m0/s1. The van der Waals surface area contributed by atoms with Crippen LogP contribution in [0, 0.1) is 0 Å². The molecule has 1 atom stereocenters. The fourth-order valence-corrected chi connectivity index (χ4v) is 3.53. The first-order valence-corrected chi connectivity index (χ1v) is 11.3. The van der Waals surface area contributed by atoms with Crippen LogP contribution in [-0.4, -0.2) is 46.7 Å². The number of esters is 1. The number of aromatic nitrogens is 2. The van der Waals surface area contributed by atoms with Gasteiger partial charge in [0.05, 0.1) is 18.3 Å². The second kappa shape index (κ2) is 10.7. The Bertz CT molecular complexity index is 1190. The molecule has 9 nitrogen and oxygen atoms in total. The number of hydrogen-bond acceptors (Lipinski definition) is 7. The largest absolute Gasteiger partial charge is 0.467 e. The van der Waals surface area contributed by atoms with Gasteiger partial charge in [-0.05, 0) is 44.5 Å². The maximum Gasteiger partial charge on any atom is 0.435 e. The summed E-state index contributed by atoms with van der Waals surface area (Å²) in [6.45, 7) is 5.31. The maximum absolute atomic E-state index is 12.8. The summed E-state index contributed by atoms with van der Waals surface area (Å²) in [7, 11) is 1.22. The van der Waals surface area contributed by atoms with Crippen molar-refractivity contribution in [2.24, 2.45) is 0 Å². The highest BCUT2D eigenvalue weighted by Gasteiger charge is 2.28. The van der Waals surface area contributed by atoms with E-state index in [9.17, 15) is 14.4 Å². The van der Waals surface area contributed by atoms with Crippen LogP contribution in [0.25, 0.3) is 10.9 Å². The highest BCUT2D eigenvalue weighted by Crippen LogP contribution is 2.25. The van der Waals surface area contributed by atoms with Gasteiger partial charge in [0, 0.05) is 16.3 Å². The van der Waals surface area contributed by atoms with E-state index in [0.717, 1.165) is 14.7 Å². The number of carbonyl (C=O) groups is 3. The number of nitrogens with zero attached hydrogens (tertiary/aromatic N) is 2. The van der Waals surface area contributed by atoms with E-state index in [-0.39, 0.29) is 13.0 Å². The van der Waals surface area contributed by atoms with Crippen molar-refractivity contribution in [1.29, 1.82) is 0 Å². The fourth-order valence-electron chi connectivity index (χ4n) is 3.18. The van der Waals surface area contributed by atoms with E-state index in [1.165, 1.54) is 7.11 Å². The van der Waals surface area contributed by atoms with Gasteiger partial charge < -0.3 is 19.5 Å². The van der Waals surface area contributed by atoms with Crippen molar-refractivity contribution < 1.29 is 28.6 Å². The normalized spacial score (nSPS) is 12.1. The molecule has 1 aromatic heterocycles. The number of hydrogen-bond donors (Lipinski definition) is 1. The molecule has 0 saturated carbocycles. The minimum Gasteiger partial charge on any atom is -0.467 e. The number of amides is 1. The third kappa shape index (κ3) is 6.57. The third-order valence-electron chi connectivity index (χ3n) is 4.67. The quantitative estimate of drug-likeness (QED) is 0.365. The third-order valence-corrected chi connectivity index (χ3v) is 5.17. The molecule has 2 aromatic carbocycles. The molecule has 1 amide bonds. The molecule has 0 aliphatic heterocycles. The van der Waals surface area contributed by atoms with E-state index < -0.39 is 29.8 Å². The van der Waals surface area contributed by atoms with Gasteiger partial charge in [-0.2, -0.15) is 9.78 Å². The highest BCUT2D eigenvalue weighted by molar-refractivity contribution is 9.10. The molecule has 34 heavy (non-hydrogen) atoms. The molecular formula is C24H26BrN3O6. The van der Waals surface area contributed by atoms with Gasteiger partial charge in [0.25, 0.3) is 0 Å². The van der Waals surface area contributed by atoms with E-state index >= 15 is 0 Å². The van der Waals surface area contributed by atoms with Crippen LogP contribution in [0.15, 0.2) is 53.0 Å². The minimum atomic E-state index is -1.08. The Labute approximate surface area is 205 Å². The van der Waals surface area contributed by atoms with Crippen LogP contribution in [0.5, 0.6) is 0 Å². The Morgan fingerprint density at radius 3 is 2.47 bits per heavy atom. The van der Waals surface area contributed by atoms with E-state index in [1.807, 2.05) is 30.3 Å². The van der Waals surface area contributed by atoms with Crippen molar-refractivity contribution in [3.63, 3.8) is 0 Å². The first kappa shape index (κ1) is 25.2. The van der Waals surface area contributed by atoms with Crippen LogP contribution in [0.2, 0.25) is 0 Å². The molecule has 1 heterocycles. The predicted molar refractivity (Wildman–Crippen MR) is 128 cm³/mol. The van der Waals surface area contributed by atoms with Crippen molar-refractivity contribution >= 4 is 45.0 Å². The summed E-state index contributed by atoms with van der Waals surface area (Å²) in [5.41, 5.74) is 0.987. The van der Waals surface area contributed by atoms with Crippen molar-refractivity contribution in [2.45, 2.75) is 45.4 Å². The summed E-state index contributed by atoms with van der Waals surface area (Å²) in [4.78, 5) is 37.5. The van der Waals surface area contributed by atoms with Crippen LogP contribution >= 0.6 is 15.9 Å². The maximum atomic E-state index is 12.8. The monoisotopic (exact) mass is 531 g/mol. The summed E-state index contributed by atoms with van der Waals surface area (Å²) < 4.78 is 17.4. The fraction of sp³-hybridized carbons (Fsp3) is 0.333. The van der Waals surface area contributed by atoms with Crippen molar-refractivity contribution in [1.82, 2.24) is 15.1 Å². The van der Waals surface area contributed by atoms with Crippen LogP contribution in [0.3, 0.4) is 0 Å². The SMILES string of the molecule is COC(=O)[C@H](Cc1nn(C(=O)OC(C)(C)C)c2cc(Br)ccc12)NC(=O)OCc1ccccc1. The minimum absolute atomic E-state index is 0.0267. The van der Waals surface area contributed by atoms with Gasteiger partial charge >= 0.3 is 18.2 Å². The molecule has 10 heteroatoms. The van der Waals surface area contributed by atoms with Gasteiger partial charge in [-0.1, -0.05) is 46.3 Å². The van der Waals surface area contributed by atoms with E-state index in [0.29, 0.717) is 16.6 Å².